The molecule has 2 aromatic carbocycles. The molecule has 2 aromatic rings. The van der Waals surface area contributed by atoms with Gasteiger partial charge in [-0.05, 0) is 43.3 Å². The number of hydrogen-bond acceptors (Lipinski definition) is 3. The van der Waals surface area contributed by atoms with Crippen molar-refractivity contribution >= 4 is 23.2 Å². The van der Waals surface area contributed by atoms with Gasteiger partial charge in [-0.2, -0.15) is 0 Å². The first kappa shape index (κ1) is 17.3. The van der Waals surface area contributed by atoms with Crippen molar-refractivity contribution in [3.63, 3.8) is 0 Å². The highest BCUT2D eigenvalue weighted by molar-refractivity contribution is 6.30. The predicted molar refractivity (Wildman–Crippen MR) is 94.1 cm³/mol. The Morgan fingerprint density at radius 3 is 2.43 bits per heavy atom. The van der Waals surface area contributed by atoms with E-state index in [1.165, 1.54) is 0 Å². The smallest absolute Gasteiger partial charge is 0.251 e. The number of aliphatic hydroxyl groups excluding tert-OH is 1. The number of hydrogen-bond donors (Lipinski definition) is 2. The number of amides is 1. The molecule has 0 aromatic heterocycles. The van der Waals surface area contributed by atoms with Gasteiger partial charge in [0, 0.05) is 35.9 Å². The molecule has 0 fully saturated rings. The summed E-state index contributed by atoms with van der Waals surface area (Å²) in [5.74, 6) is -0.181. The Balaban J connectivity index is 1.86. The maximum absolute atomic E-state index is 12.0. The van der Waals surface area contributed by atoms with Crippen LogP contribution in [-0.4, -0.2) is 36.8 Å². The van der Waals surface area contributed by atoms with Crippen molar-refractivity contribution in [1.29, 1.82) is 0 Å². The minimum Gasteiger partial charge on any atom is -0.389 e. The van der Waals surface area contributed by atoms with Crippen molar-refractivity contribution < 1.29 is 9.90 Å². The van der Waals surface area contributed by atoms with Crippen LogP contribution in [-0.2, 0) is 0 Å². The molecule has 1 atom stereocenters. The molecule has 4 nitrogen and oxygen atoms in total. The quantitative estimate of drug-likeness (QED) is 0.819. The maximum Gasteiger partial charge on any atom is 0.251 e. The van der Waals surface area contributed by atoms with Gasteiger partial charge in [0.15, 0.2) is 0 Å². The van der Waals surface area contributed by atoms with E-state index in [1.54, 1.807) is 12.1 Å². The van der Waals surface area contributed by atoms with Crippen LogP contribution in [0.2, 0.25) is 5.02 Å². The lowest BCUT2D eigenvalue weighted by Crippen LogP contribution is -2.40. The van der Waals surface area contributed by atoms with Gasteiger partial charge in [0.05, 0.1) is 6.10 Å². The van der Waals surface area contributed by atoms with Crippen LogP contribution in [0.5, 0.6) is 0 Å². The van der Waals surface area contributed by atoms with E-state index < -0.39 is 6.10 Å². The van der Waals surface area contributed by atoms with Gasteiger partial charge in [-0.25, -0.2) is 0 Å². The van der Waals surface area contributed by atoms with E-state index in [2.05, 4.69) is 5.32 Å². The molecule has 0 spiro atoms. The predicted octanol–water partition coefficient (Wildman–Crippen LogP) is 2.96. The number of nitrogens with one attached hydrogen (secondary N) is 1. The Morgan fingerprint density at radius 2 is 1.83 bits per heavy atom. The molecule has 1 unspecified atom stereocenters. The SMILES string of the molecule is CCN(CC(O)CNC(=O)c1ccccc1)c1ccc(Cl)cc1. The molecule has 0 aliphatic carbocycles. The Bertz CT molecular complexity index is 617. The molecule has 0 aliphatic heterocycles. The van der Waals surface area contributed by atoms with E-state index >= 15 is 0 Å². The lowest BCUT2D eigenvalue weighted by atomic mass is 10.2. The monoisotopic (exact) mass is 332 g/mol. The summed E-state index contributed by atoms with van der Waals surface area (Å²) in [4.78, 5) is 14.0. The number of aliphatic hydroxyl groups is 1. The van der Waals surface area contributed by atoms with E-state index in [0.717, 1.165) is 12.2 Å². The van der Waals surface area contributed by atoms with E-state index in [9.17, 15) is 9.90 Å². The molecule has 2 N–H and O–H groups in total. The Hall–Kier alpha value is -2.04. The number of halogens is 1. The first-order chi connectivity index (χ1) is 11.1. The number of likely N-dealkylation sites (N-methyl/N-ethyl adjacent to an activating group) is 1. The van der Waals surface area contributed by atoms with Crippen LogP contribution in [0.1, 0.15) is 17.3 Å². The second-order valence-electron chi connectivity index (χ2n) is 5.24. The first-order valence-corrected chi connectivity index (χ1v) is 7.99. The van der Waals surface area contributed by atoms with Crippen LogP contribution in [0.4, 0.5) is 5.69 Å². The third-order valence-corrected chi connectivity index (χ3v) is 3.79. The van der Waals surface area contributed by atoms with Gasteiger partial charge in [-0.15, -0.1) is 0 Å². The molecular formula is C18H21ClN2O2. The van der Waals surface area contributed by atoms with Gasteiger partial charge in [0.1, 0.15) is 0 Å². The summed E-state index contributed by atoms with van der Waals surface area (Å²) in [6, 6.07) is 16.4. The normalized spacial score (nSPS) is 11.8. The Labute approximate surface area is 141 Å². The van der Waals surface area contributed by atoms with Crippen molar-refractivity contribution in [2.45, 2.75) is 13.0 Å². The number of anilines is 1. The highest BCUT2D eigenvalue weighted by atomic mass is 35.5. The summed E-state index contributed by atoms with van der Waals surface area (Å²) in [5, 5.41) is 13.6. The summed E-state index contributed by atoms with van der Waals surface area (Å²) in [6.45, 7) is 3.42. The van der Waals surface area contributed by atoms with Crippen LogP contribution in [0.25, 0.3) is 0 Å². The van der Waals surface area contributed by atoms with Crippen molar-refractivity contribution in [1.82, 2.24) is 5.32 Å². The lowest BCUT2D eigenvalue weighted by Gasteiger charge is -2.26. The second kappa shape index (κ2) is 8.56. The molecule has 5 heteroatoms. The third kappa shape index (κ3) is 5.27. The minimum atomic E-state index is -0.654. The largest absolute Gasteiger partial charge is 0.389 e. The van der Waals surface area contributed by atoms with Gasteiger partial charge in [0.25, 0.3) is 5.91 Å². The van der Waals surface area contributed by atoms with Crippen LogP contribution in [0, 0.1) is 0 Å². The standard InChI is InChI=1S/C18H21ClN2O2/c1-2-21(16-10-8-15(19)9-11-16)13-17(22)12-20-18(23)14-6-4-3-5-7-14/h3-11,17,22H,2,12-13H2,1H3,(H,20,23). The Morgan fingerprint density at radius 1 is 1.17 bits per heavy atom. The zero-order valence-corrected chi connectivity index (χ0v) is 13.8. The molecule has 0 bridgehead atoms. The molecule has 0 saturated carbocycles. The topological polar surface area (TPSA) is 52.6 Å². The van der Waals surface area contributed by atoms with Crippen LogP contribution in [0.15, 0.2) is 54.6 Å². The van der Waals surface area contributed by atoms with Gasteiger partial charge >= 0.3 is 0 Å². The Kier molecular flexibility index (Phi) is 6.44. The van der Waals surface area contributed by atoms with Gasteiger partial charge in [0.2, 0.25) is 0 Å². The fourth-order valence-electron chi connectivity index (χ4n) is 2.29. The number of carbonyl (C=O) groups is 1. The molecule has 122 valence electrons. The summed E-state index contributed by atoms with van der Waals surface area (Å²) < 4.78 is 0. The highest BCUT2D eigenvalue weighted by Crippen LogP contribution is 2.18. The van der Waals surface area contributed by atoms with E-state index in [0.29, 0.717) is 17.1 Å². The minimum absolute atomic E-state index is 0.181. The molecule has 0 aliphatic rings. The molecule has 0 heterocycles. The van der Waals surface area contributed by atoms with Gasteiger partial charge < -0.3 is 15.3 Å². The molecular weight excluding hydrogens is 312 g/mol. The number of nitrogens with zero attached hydrogens (tertiary/aromatic N) is 1. The van der Waals surface area contributed by atoms with Crippen molar-refractivity contribution in [2.24, 2.45) is 0 Å². The molecule has 1 amide bonds. The second-order valence-corrected chi connectivity index (χ2v) is 5.68. The third-order valence-electron chi connectivity index (χ3n) is 3.54. The average molecular weight is 333 g/mol. The summed E-state index contributed by atoms with van der Waals surface area (Å²) in [6.07, 6.45) is -0.654. The summed E-state index contributed by atoms with van der Waals surface area (Å²) in [5.41, 5.74) is 1.58. The fraction of sp³-hybridized carbons (Fsp3) is 0.278. The van der Waals surface area contributed by atoms with Crippen LogP contribution < -0.4 is 10.2 Å². The first-order valence-electron chi connectivity index (χ1n) is 7.62. The van der Waals surface area contributed by atoms with E-state index in [4.69, 9.17) is 11.6 Å². The molecule has 2 rings (SSSR count). The van der Waals surface area contributed by atoms with Crippen molar-refractivity contribution in [3.8, 4) is 0 Å². The van der Waals surface area contributed by atoms with Crippen molar-refractivity contribution in [2.75, 3.05) is 24.5 Å². The number of benzene rings is 2. The summed E-state index contributed by atoms with van der Waals surface area (Å²) >= 11 is 5.89. The van der Waals surface area contributed by atoms with Gasteiger partial charge in [-0.3, -0.25) is 4.79 Å². The lowest BCUT2D eigenvalue weighted by molar-refractivity contribution is 0.0919. The fourth-order valence-corrected chi connectivity index (χ4v) is 2.42. The molecule has 0 saturated heterocycles. The number of carbonyl (C=O) groups excluding carboxylic acids is 1. The molecule has 0 radical (unpaired) electrons. The van der Waals surface area contributed by atoms with Crippen LogP contribution in [0.3, 0.4) is 0 Å². The summed E-state index contributed by atoms with van der Waals surface area (Å²) in [7, 11) is 0. The van der Waals surface area contributed by atoms with E-state index in [1.807, 2.05) is 54.3 Å². The zero-order chi connectivity index (χ0) is 16.7. The van der Waals surface area contributed by atoms with Crippen LogP contribution >= 0.6 is 11.6 Å². The highest BCUT2D eigenvalue weighted by Gasteiger charge is 2.13. The zero-order valence-electron chi connectivity index (χ0n) is 13.1. The van der Waals surface area contributed by atoms with E-state index in [-0.39, 0.29) is 12.5 Å². The van der Waals surface area contributed by atoms with Crippen molar-refractivity contribution in [3.05, 3.63) is 65.2 Å². The van der Waals surface area contributed by atoms with Gasteiger partial charge in [-0.1, -0.05) is 29.8 Å². The maximum atomic E-state index is 12.0. The average Bonchev–Trinajstić information content (AvgIpc) is 2.59. The molecule has 23 heavy (non-hydrogen) atoms. The number of rotatable bonds is 7.